The number of aliphatic hydroxyl groups is 2. The number of nitrogen functional groups attached to an aromatic ring is 2. The van der Waals surface area contributed by atoms with Crippen LogP contribution in [0.25, 0.3) is 0 Å². The van der Waals surface area contributed by atoms with Crippen molar-refractivity contribution in [2.75, 3.05) is 24.7 Å². The average Bonchev–Trinajstić information content (AvgIpc) is 2.57. The molecule has 0 heterocycles. The maximum Gasteiger partial charge on any atom is 0.181 e. The van der Waals surface area contributed by atoms with Gasteiger partial charge in [-0.15, -0.1) is 0 Å². The fourth-order valence-corrected chi connectivity index (χ4v) is 2.26. The van der Waals surface area contributed by atoms with E-state index in [1.54, 1.807) is 0 Å². The highest BCUT2D eigenvalue weighted by Gasteiger charge is 2.45. The van der Waals surface area contributed by atoms with Crippen LogP contribution in [-0.4, -0.2) is 35.0 Å². The van der Waals surface area contributed by atoms with Gasteiger partial charge < -0.3 is 21.7 Å². The van der Waals surface area contributed by atoms with Crippen LogP contribution in [0, 0.1) is 5.41 Å². The number of ketones is 2. The van der Waals surface area contributed by atoms with Crippen LogP contribution in [0.3, 0.4) is 0 Å². The molecule has 0 aliphatic rings. The molecule has 120 valence electrons. The van der Waals surface area contributed by atoms with Crippen molar-refractivity contribution in [1.82, 2.24) is 0 Å². The standard InChI is InChI=1S/C17H18N2O4/c18-13-5-1-11(2-6-13)15(22)17(9-20,10-21)16(23)12-3-7-14(19)8-4-12/h1-8,20-21H,9-10,18-19H2. The third-order valence-corrected chi connectivity index (χ3v) is 3.75. The largest absolute Gasteiger partial charge is 0.399 e. The van der Waals surface area contributed by atoms with Crippen molar-refractivity contribution in [2.24, 2.45) is 5.41 Å². The summed E-state index contributed by atoms with van der Waals surface area (Å²) in [6, 6.07) is 11.9. The summed E-state index contributed by atoms with van der Waals surface area (Å²) in [6.45, 7) is -1.62. The van der Waals surface area contributed by atoms with Gasteiger partial charge in [-0.1, -0.05) is 0 Å². The van der Waals surface area contributed by atoms with Crippen molar-refractivity contribution in [3.8, 4) is 0 Å². The summed E-state index contributed by atoms with van der Waals surface area (Å²) in [5, 5.41) is 19.4. The Bertz CT molecular complexity index is 645. The molecule has 0 bridgehead atoms. The molecule has 2 aromatic rings. The zero-order valence-electron chi connectivity index (χ0n) is 12.4. The van der Waals surface area contributed by atoms with E-state index in [4.69, 9.17) is 11.5 Å². The third kappa shape index (κ3) is 3.08. The normalized spacial score (nSPS) is 11.2. The molecule has 2 aromatic carbocycles. The topological polar surface area (TPSA) is 127 Å². The van der Waals surface area contributed by atoms with Crippen LogP contribution < -0.4 is 11.5 Å². The fourth-order valence-electron chi connectivity index (χ4n) is 2.26. The first-order valence-corrected chi connectivity index (χ1v) is 6.97. The van der Waals surface area contributed by atoms with Crippen LogP contribution >= 0.6 is 0 Å². The van der Waals surface area contributed by atoms with Gasteiger partial charge in [0.1, 0.15) is 5.41 Å². The molecule has 0 unspecified atom stereocenters. The maximum absolute atomic E-state index is 12.7. The van der Waals surface area contributed by atoms with Gasteiger partial charge in [-0.2, -0.15) is 0 Å². The van der Waals surface area contributed by atoms with Gasteiger partial charge in [-0.05, 0) is 48.5 Å². The summed E-state index contributed by atoms with van der Waals surface area (Å²) in [7, 11) is 0. The second-order valence-electron chi connectivity index (χ2n) is 5.30. The molecule has 0 aliphatic carbocycles. The van der Waals surface area contributed by atoms with Crippen molar-refractivity contribution in [2.45, 2.75) is 0 Å². The number of benzene rings is 2. The maximum atomic E-state index is 12.7. The zero-order chi connectivity index (χ0) is 17.0. The Morgan fingerprint density at radius 1 is 0.739 bits per heavy atom. The predicted octanol–water partition coefficient (Wildman–Crippen LogP) is 0.888. The lowest BCUT2D eigenvalue weighted by Crippen LogP contribution is -2.46. The van der Waals surface area contributed by atoms with Crippen LogP contribution in [0.15, 0.2) is 48.5 Å². The summed E-state index contributed by atoms with van der Waals surface area (Å²) < 4.78 is 0. The van der Waals surface area contributed by atoms with E-state index in [-0.39, 0.29) is 11.1 Å². The highest BCUT2D eigenvalue weighted by atomic mass is 16.3. The van der Waals surface area contributed by atoms with Crippen LogP contribution in [0.1, 0.15) is 20.7 Å². The van der Waals surface area contributed by atoms with Gasteiger partial charge in [0.15, 0.2) is 11.6 Å². The van der Waals surface area contributed by atoms with E-state index in [0.717, 1.165) is 0 Å². The highest BCUT2D eigenvalue weighted by molar-refractivity contribution is 6.20. The Labute approximate surface area is 133 Å². The number of rotatable bonds is 6. The lowest BCUT2D eigenvalue weighted by Gasteiger charge is -2.27. The number of carbonyl (C=O) groups is 2. The number of aliphatic hydroxyl groups excluding tert-OH is 2. The molecule has 0 aliphatic heterocycles. The molecular weight excluding hydrogens is 296 g/mol. The van der Waals surface area contributed by atoms with Gasteiger partial charge in [0, 0.05) is 22.5 Å². The second kappa shape index (κ2) is 6.60. The molecular formula is C17H18N2O4. The van der Waals surface area contributed by atoms with E-state index in [0.29, 0.717) is 11.4 Å². The van der Waals surface area contributed by atoms with Gasteiger partial charge >= 0.3 is 0 Å². The van der Waals surface area contributed by atoms with Gasteiger partial charge in [-0.25, -0.2) is 0 Å². The number of anilines is 2. The van der Waals surface area contributed by atoms with Crippen LogP contribution in [0.4, 0.5) is 11.4 Å². The Kier molecular flexibility index (Phi) is 4.78. The molecule has 23 heavy (non-hydrogen) atoms. The van der Waals surface area contributed by atoms with Gasteiger partial charge in [0.05, 0.1) is 13.2 Å². The predicted molar refractivity (Wildman–Crippen MR) is 87.0 cm³/mol. The Hall–Kier alpha value is -2.70. The third-order valence-electron chi connectivity index (χ3n) is 3.75. The molecule has 0 saturated heterocycles. The summed E-state index contributed by atoms with van der Waals surface area (Å²) in [4.78, 5) is 25.4. The first-order chi connectivity index (χ1) is 10.9. The van der Waals surface area contributed by atoms with Gasteiger partial charge in [-0.3, -0.25) is 9.59 Å². The van der Waals surface area contributed by atoms with Crippen molar-refractivity contribution < 1.29 is 19.8 Å². The molecule has 0 aromatic heterocycles. The lowest BCUT2D eigenvalue weighted by atomic mass is 9.75. The first kappa shape index (κ1) is 16.7. The van der Waals surface area contributed by atoms with Crippen molar-refractivity contribution in [1.29, 1.82) is 0 Å². The quantitative estimate of drug-likeness (QED) is 0.356. The van der Waals surface area contributed by atoms with Crippen molar-refractivity contribution >= 4 is 22.9 Å². The molecule has 0 amide bonds. The summed E-state index contributed by atoms with van der Waals surface area (Å²) in [5.74, 6) is -1.33. The Morgan fingerprint density at radius 2 is 1.04 bits per heavy atom. The van der Waals surface area contributed by atoms with Crippen LogP contribution in [-0.2, 0) is 0 Å². The molecule has 6 heteroatoms. The minimum Gasteiger partial charge on any atom is -0.399 e. The minimum atomic E-state index is -1.95. The SMILES string of the molecule is Nc1ccc(C(=O)C(CO)(CO)C(=O)c2ccc(N)cc2)cc1. The number of hydrogen-bond donors (Lipinski definition) is 4. The number of nitrogens with two attached hydrogens (primary N) is 2. The Morgan fingerprint density at radius 3 is 1.30 bits per heavy atom. The van der Waals surface area contributed by atoms with E-state index in [1.165, 1.54) is 48.5 Å². The van der Waals surface area contributed by atoms with Crippen LogP contribution in [0.5, 0.6) is 0 Å². The summed E-state index contributed by atoms with van der Waals surface area (Å²) in [6.07, 6.45) is 0. The zero-order valence-corrected chi connectivity index (χ0v) is 12.4. The van der Waals surface area contributed by atoms with Gasteiger partial charge in [0.2, 0.25) is 0 Å². The highest BCUT2D eigenvalue weighted by Crippen LogP contribution is 2.28. The first-order valence-electron chi connectivity index (χ1n) is 6.97. The average molecular weight is 314 g/mol. The van der Waals surface area contributed by atoms with Crippen molar-refractivity contribution in [3.63, 3.8) is 0 Å². The molecule has 6 N–H and O–H groups in total. The summed E-state index contributed by atoms with van der Waals surface area (Å²) in [5.41, 5.74) is 10.5. The van der Waals surface area contributed by atoms with Crippen LogP contribution in [0.2, 0.25) is 0 Å². The van der Waals surface area contributed by atoms with Gasteiger partial charge in [0.25, 0.3) is 0 Å². The smallest absolute Gasteiger partial charge is 0.181 e. The number of hydrogen-bond acceptors (Lipinski definition) is 6. The molecule has 0 atom stereocenters. The summed E-state index contributed by atoms with van der Waals surface area (Å²) >= 11 is 0. The monoisotopic (exact) mass is 314 g/mol. The van der Waals surface area contributed by atoms with E-state index < -0.39 is 30.2 Å². The fraction of sp³-hybridized carbons (Fsp3) is 0.176. The molecule has 0 radical (unpaired) electrons. The number of carbonyl (C=O) groups excluding carboxylic acids is 2. The van der Waals surface area contributed by atoms with Crippen molar-refractivity contribution in [3.05, 3.63) is 59.7 Å². The lowest BCUT2D eigenvalue weighted by molar-refractivity contribution is 0.0367. The Balaban J connectivity index is 2.45. The van der Waals surface area contributed by atoms with E-state index in [1.807, 2.05) is 0 Å². The van der Waals surface area contributed by atoms with E-state index in [2.05, 4.69) is 0 Å². The van der Waals surface area contributed by atoms with E-state index in [9.17, 15) is 19.8 Å². The second-order valence-corrected chi connectivity index (χ2v) is 5.30. The minimum absolute atomic E-state index is 0.186. The molecule has 0 saturated carbocycles. The molecule has 6 nitrogen and oxygen atoms in total. The van der Waals surface area contributed by atoms with E-state index >= 15 is 0 Å². The number of Topliss-reactive ketones (excluding diaryl/α,β-unsaturated/α-hetero) is 2. The molecule has 0 fully saturated rings. The molecule has 2 rings (SSSR count). The molecule has 0 spiro atoms.